The Bertz CT molecular complexity index is 166. The first-order valence-electron chi connectivity index (χ1n) is 4.97. The number of rotatable bonds is 4. The number of carbonyl (C=O) groups excluding carboxylic acids is 1. The Morgan fingerprint density at radius 2 is 1.77 bits per heavy atom. The van der Waals surface area contributed by atoms with Crippen molar-refractivity contribution in [1.82, 2.24) is 4.90 Å². The van der Waals surface area contributed by atoms with E-state index < -0.39 is 0 Å². The molecule has 0 fully saturated rings. The SMILES string of the molecule is CCN(C(=O)C(N)C(C)C)C(C)C. The van der Waals surface area contributed by atoms with Gasteiger partial charge in [0.2, 0.25) is 5.91 Å². The summed E-state index contributed by atoms with van der Waals surface area (Å²) in [6.45, 7) is 10.7. The van der Waals surface area contributed by atoms with Crippen molar-refractivity contribution in [3.8, 4) is 0 Å². The average Bonchev–Trinajstić information content (AvgIpc) is 2.03. The summed E-state index contributed by atoms with van der Waals surface area (Å²) in [5.74, 6) is 0.271. The maximum atomic E-state index is 11.8. The fourth-order valence-electron chi connectivity index (χ4n) is 1.25. The molecule has 2 N–H and O–H groups in total. The normalized spacial score (nSPS) is 13.5. The second-order valence-electron chi connectivity index (χ2n) is 3.99. The molecule has 0 aromatic rings. The standard InChI is InChI=1S/C10H22N2O/c1-6-12(8(4)5)10(13)9(11)7(2)3/h7-9H,6,11H2,1-5H3. The maximum absolute atomic E-state index is 11.8. The summed E-state index contributed by atoms with van der Waals surface area (Å²) < 4.78 is 0. The molecule has 0 rings (SSSR count). The predicted octanol–water partition coefficient (Wildman–Crippen LogP) is 1.23. The van der Waals surface area contributed by atoms with Crippen LogP contribution in [0.3, 0.4) is 0 Å². The van der Waals surface area contributed by atoms with Crippen LogP contribution in [0, 0.1) is 5.92 Å². The van der Waals surface area contributed by atoms with Crippen molar-refractivity contribution in [3.63, 3.8) is 0 Å². The van der Waals surface area contributed by atoms with Crippen LogP contribution in [0.5, 0.6) is 0 Å². The highest BCUT2D eigenvalue weighted by Crippen LogP contribution is 2.06. The summed E-state index contributed by atoms with van der Waals surface area (Å²) in [7, 11) is 0. The lowest BCUT2D eigenvalue weighted by Gasteiger charge is -2.29. The monoisotopic (exact) mass is 186 g/mol. The molecule has 0 aromatic heterocycles. The van der Waals surface area contributed by atoms with Crippen LogP contribution < -0.4 is 5.73 Å². The van der Waals surface area contributed by atoms with Crippen LogP contribution in [-0.2, 0) is 4.79 Å². The molecule has 0 aromatic carbocycles. The van der Waals surface area contributed by atoms with Gasteiger partial charge in [-0.2, -0.15) is 0 Å². The molecule has 1 atom stereocenters. The summed E-state index contributed by atoms with van der Waals surface area (Å²) in [4.78, 5) is 13.6. The van der Waals surface area contributed by atoms with Gasteiger partial charge < -0.3 is 10.6 Å². The van der Waals surface area contributed by atoms with Crippen LogP contribution >= 0.6 is 0 Å². The Labute approximate surface area is 81.3 Å². The molecule has 0 bridgehead atoms. The molecule has 0 spiro atoms. The number of nitrogens with two attached hydrogens (primary N) is 1. The van der Waals surface area contributed by atoms with Crippen molar-refractivity contribution in [3.05, 3.63) is 0 Å². The van der Waals surface area contributed by atoms with Crippen molar-refractivity contribution < 1.29 is 4.79 Å². The quantitative estimate of drug-likeness (QED) is 0.717. The Morgan fingerprint density at radius 3 is 2.00 bits per heavy atom. The summed E-state index contributed by atoms with van der Waals surface area (Å²) in [6.07, 6.45) is 0. The smallest absolute Gasteiger partial charge is 0.239 e. The van der Waals surface area contributed by atoms with E-state index in [2.05, 4.69) is 0 Å². The molecule has 78 valence electrons. The first-order chi connectivity index (χ1) is 5.91. The van der Waals surface area contributed by atoms with Crippen molar-refractivity contribution in [1.29, 1.82) is 0 Å². The van der Waals surface area contributed by atoms with E-state index in [1.54, 1.807) is 0 Å². The van der Waals surface area contributed by atoms with Gasteiger partial charge in [-0.25, -0.2) is 0 Å². The molecule has 1 amide bonds. The summed E-state index contributed by atoms with van der Waals surface area (Å²) in [6, 6.07) is -0.121. The highest BCUT2D eigenvalue weighted by atomic mass is 16.2. The minimum atomic E-state index is -0.359. The molecule has 0 heterocycles. The Balaban J connectivity index is 4.37. The topological polar surface area (TPSA) is 46.3 Å². The van der Waals surface area contributed by atoms with E-state index in [9.17, 15) is 4.79 Å². The van der Waals surface area contributed by atoms with Crippen LogP contribution in [0.15, 0.2) is 0 Å². The predicted molar refractivity (Wildman–Crippen MR) is 55.3 cm³/mol. The number of amides is 1. The fraction of sp³-hybridized carbons (Fsp3) is 0.900. The lowest BCUT2D eigenvalue weighted by atomic mass is 10.0. The zero-order valence-electron chi connectivity index (χ0n) is 9.37. The first-order valence-corrected chi connectivity index (χ1v) is 4.97. The van der Waals surface area contributed by atoms with Crippen LogP contribution in [0.25, 0.3) is 0 Å². The second-order valence-corrected chi connectivity index (χ2v) is 3.99. The number of nitrogens with zero attached hydrogens (tertiary/aromatic N) is 1. The van der Waals surface area contributed by atoms with Gasteiger partial charge in [0.15, 0.2) is 0 Å². The molecule has 13 heavy (non-hydrogen) atoms. The number of hydrogen-bond donors (Lipinski definition) is 1. The lowest BCUT2D eigenvalue weighted by Crippen LogP contribution is -2.49. The molecule has 0 saturated carbocycles. The van der Waals surface area contributed by atoms with Crippen LogP contribution in [-0.4, -0.2) is 29.4 Å². The Hall–Kier alpha value is -0.570. The third-order valence-electron chi connectivity index (χ3n) is 2.25. The molecule has 0 aliphatic carbocycles. The van der Waals surface area contributed by atoms with E-state index in [4.69, 9.17) is 5.73 Å². The fourth-order valence-corrected chi connectivity index (χ4v) is 1.25. The van der Waals surface area contributed by atoms with E-state index in [0.717, 1.165) is 6.54 Å². The van der Waals surface area contributed by atoms with Gasteiger partial charge in [-0.15, -0.1) is 0 Å². The molecule has 3 heteroatoms. The molecular formula is C10H22N2O. The van der Waals surface area contributed by atoms with Crippen LogP contribution in [0.2, 0.25) is 0 Å². The van der Waals surface area contributed by atoms with Crippen molar-refractivity contribution in [2.75, 3.05) is 6.54 Å². The summed E-state index contributed by atoms with van der Waals surface area (Å²) in [5, 5.41) is 0. The van der Waals surface area contributed by atoms with E-state index in [1.165, 1.54) is 0 Å². The minimum Gasteiger partial charge on any atom is -0.339 e. The van der Waals surface area contributed by atoms with Crippen molar-refractivity contribution in [2.24, 2.45) is 11.7 Å². The van der Waals surface area contributed by atoms with Crippen LogP contribution in [0.4, 0.5) is 0 Å². The third-order valence-corrected chi connectivity index (χ3v) is 2.25. The van der Waals surface area contributed by atoms with Gasteiger partial charge in [0.25, 0.3) is 0 Å². The van der Waals surface area contributed by atoms with E-state index in [-0.39, 0.29) is 23.9 Å². The lowest BCUT2D eigenvalue weighted by molar-refractivity contribution is -0.135. The zero-order chi connectivity index (χ0) is 10.6. The number of likely N-dealkylation sites (N-methyl/N-ethyl adjacent to an activating group) is 1. The molecule has 0 saturated heterocycles. The van der Waals surface area contributed by atoms with Gasteiger partial charge in [-0.05, 0) is 26.7 Å². The average molecular weight is 186 g/mol. The van der Waals surface area contributed by atoms with Gasteiger partial charge >= 0.3 is 0 Å². The highest BCUT2D eigenvalue weighted by molar-refractivity contribution is 5.82. The van der Waals surface area contributed by atoms with E-state index in [1.807, 2.05) is 39.5 Å². The van der Waals surface area contributed by atoms with Gasteiger partial charge in [-0.1, -0.05) is 13.8 Å². The zero-order valence-corrected chi connectivity index (χ0v) is 9.37. The van der Waals surface area contributed by atoms with Gasteiger partial charge in [0.05, 0.1) is 6.04 Å². The molecular weight excluding hydrogens is 164 g/mol. The molecule has 3 nitrogen and oxygen atoms in total. The third kappa shape index (κ3) is 3.35. The largest absolute Gasteiger partial charge is 0.339 e. The summed E-state index contributed by atoms with van der Waals surface area (Å²) in [5.41, 5.74) is 5.78. The van der Waals surface area contributed by atoms with E-state index in [0.29, 0.717) is 0 Å². The second kappa shape index (κ2) is 5.22. The first kappa shape index (κ1) is 12.4. The molecule has 0 aliphatic heterocycles. The van der Waals surface area contributed by atoms with Gasteiger partial charge in [0, 0.05) is 12.6 Å². The molecule has 0 aliphatic rings. The molecule has 1 unspecified atom stereocenters. The Morgan fingerprint density at radius 1 is 1.31 bits per heavy atom. The van der Waals surface area contributed by atoms with E-state index >= 15 is 0 Å². The maximum Gasteiger partial charge on any atom is 0.239 e. The van der Waals surface area contributed by atoms with Crippen LogP contribution in [0.1, 0.15) is 34.6 Å². The highest BCUT2D eigenvalue weighted by Gasteiger charge is 2.23. The van der Waals surface area contributed by atoms with Crippen molar-refractivity contribution >= 4 is 5.91 Å². The summed E-state index contributed by atoms with van der Waals surface area (Å²) >= 11 is 0. The van der Waals surface area contributed by atoms with Gasteiger partial charge in [-0.3, -0.25) is 4.79 Å². The number of hydrogen-bond acceptors (Lipinski definition) is 2. The number of carbonyl (C=O) groups is 1. The molecule has 0 radical (unpaired) electrons. The van der Waals surface area contributed by atoms with Gasteiger partial charge in [0.1, 0.15) is 0 Å². The van der Waals surface area contributed by atoms with Crippen molar-refractivity contribution in [2.45, 2.75) is 46.7 Å². The Kier molecular flexibility index (Phi) is 4.99. The minimum absolute atomic E-state index is 0.0625.